The number of aliphatic imine (C=N–C) groups is 1. The quantitative estimate of drug-likeness (QED) is 0.269. The van der Waals surface area contributed by atoms with Crippen molar-refractivity contribution in [3.63, 3.8) is 0 Å². The predicted molar refractivity (Wildman–Crippen MR) is 105 cm³/mol. The summed E-state index contributed by atoms with van der Waals surface area (Å²) in [7, 11) is 1.62. The Morgan fingerprint density at radius 1 is 1.07 bits per heavy atom. The number of carbonyl (C=O) groups is 2. The summed E-state index contributed by atoms with van der Waals surface area (Å²) in [6, 6.07) is 7.53. The summed E-state index contributed by atoms with van der Waals surface area (Å²) in [5.41, 5.74) is 0.990. The first-order valence-corrected chi connectivity index (χ1v) is 9.32. The summed E-state index contributed by atoms with van der Waals surface area (Å²) in [6.07, 6.45) is 1.99. The largest absolute Gasteiger partial charge is 0.497 e. The Balaban J connectivity index is 1.68. The number of nitrogens with zero attached hydrogens (tertiary/aromatic N) is 1. The molecule has 1 aliphatic rings. The number of amides is 2. The first-order chi connectivity index (χ1) is 13.1. The van der Waals surface area contributed by atoms with Crippen LogP contribution in [0.5, 0.6) is 5.75 Å². The normalized spacial score (nSPS) is 13.6. The molecule has 0 bridgehead atoms. The van der Waals surface area contributed by atoms with Gasteiger partial charge in [-0.05, 0) is 37.5 Å². The van der Waals surface area contributed by atoms with E-state index in [9.17, 15) is 9.59 Å². The lowest BCUT2D eigenvalue weighted by Crippen LogP contribution is -2.42. The molecule has 0 spiro atoms. The molecule has 0 unspecified atom stereocenters. The van der Waals surface area contributed by atoms with Crippen molar-refractivity contribution < 1.29 is 14.3 Å². The average molecular weight is 375 g/mol. The van der Waals surface area contributed by atoms with Crippen molar-refractivity contribution in [1.82, 2.24) is 21.3 Å². The van der Waals surface area contributed by atoms with Crippen molar-refractivity contribution in [3.8, 4) is 5.75 Å². The van der Waals surface area contributed by atoms with Crippen LogP contribution in [0.15, 0.2) is 29.3 Å². The standard InChI is InChI=1S/C19H29N5O3/c1-3-20-19(22-11-10-21-18(26)15-6-7-15)24-13-17(25)23-12-14-4-8-16(27-2)9-5-14/h4-5,8-9,15H,3,6-7,10-13H2,1-2H3,(H,21,26)(H,23,25)(H2,20,22,24). The fraction of sp³-hybridized carbons (Fsp3) is 0.526. The van der Waals surface area contributed by atoms with Crippen molar-refractivity contribution >= 4 is 17.8 Å². The van der Waals surface area contributed by atoms with Crippen LogP contribution in [0, 0.1) is 5.92 Å². The molecular weight excluding hydrogens is 346 g/mol. The van der Waals surface area contributed by atoms with Crippen LogP contribution in [-0.2, 0) is 16.1 Å². The molecule has 8 heteroatoms. The number of methoxy groups -OCH3 is 1. The maximum absolute atomic E-state index is 12.0. The van der Waals surface area contributed by atoms with E-state index in [2.05, 4.69) is 26.3 Å². The third-order valence-electron chi connectivity index (χ3n) is 4.04. The first-order valence-electron chi connectivity index (χ1n) is 9.32. The van der Waals surface area contributed by atoms with E-state index in [-0.39, 0.29) is 24.3 Å². The van der Waals surface area contributed by atoms with E-state index in [4.69, 9.17) is 4.74 Å². The fourth-order valence-electron chi connectivity index (χ4n) is 2.35. The van der Waals surface area contributed by atoms with Crippen molar-refractivity contribution in [2.75, 3.05) is 33.3 Å². The minimum atomic E-state index is -0.162. The van der Waals surface area contributed by atoms with Gasteiger partial charge in [0.1, 0.15) is 12.3 Å². The van der Waals surface area contributed by atoms with Gasteiger partial charge in [0.25, 0.3) is 0 Å². The van der Waals surface area contributed by atoms with Crippen molar-refractivity contribution in [2.45, 2.75) is 26.3 Å². The lowest BCUT2D eigenvalue weighted by atomic mass is 10.2. The van der Waals surface area contributed by atoms with Gasteiger partial charge in [0, 0.05) is 32.1 Å². The Labute approximate surface area is 160 Å². The molecule has 1 aromatic rings. The molecule has 2 amide bonds. The SMILES string of the molecule is CCNC(=NCC(=O)NCc1ccc(OC)cc1)NCCNC(=O)C1CC1. The second-order valence-electron chi connectivity index (χ2n) is 6.31. The number of guanidine groups is 1. The smallest absolute Gasteiger partial charge is 0.242 e. The van der Waals surface area contributed by atoms with Crippen LogP contribution in [-0.4, -0.2) is 51.1 Å². The molecule has 0 radical (unpaired) electrons. The van der Waals surface area contributed by atoms with E-state index in [1.807, 2.05) is 31.2 Å². The van der Waals surface area contributed by atoms with E-state index in [0.717, 1.165) is 24.2 Å². The lowest BCUT2D eigenvalue weighted by Gasteiger charge is -2.12. The number of ether oxygens (including phenoxy) is 1. The van der Waals surface area contributed by atoms with Gasteiger partial charge in [-0.3, -0.25) is 9.59 Å². The van der Waals surface area contributed by atoms with E-state index in [1.54, 1.807) is 7.11 Å². The number of hydrogen-bond acceptors (Lipinski definition) is 4. The molecule has 27 heavy (non-hydrogen) atoms. The van der Waals surface area contributed by atoms with Gasteiger partial charge >= 0.3 is 0 Å². The third kappa shape index (κ3) is 7.98. The molecule has 0 heterocycles. The third-order valence-corrected chi connectivity index (χ3v) is 4.04. The Hall–Kier alpha value is -2.77. The van der Waals surface area contributed by atoms with Gasteiger partial charge in [-0.25, -0.2) is 4.99 Å². The highest BCUT2D eigenvalue weighted by atomic mass is 16.5. The minimum Gasteiger partial charge on any atom is -0.497 e. The highest BCUT2D eigenvalue weighted by molar-refractivity contribution is 5.85. The number of carbonyl (C=O) groups excluding carboxylic acids is 2. The van der Waals surface area contributed by atoms with Gasteiger partial charge < -0.3 is 26.0 Å². The molecule has 2 rings (SSSR count). The Bertz CT molecular complexity index is 641. The fourth-order valence-corrected chi connectivity index (χ4v) is 2.35. The Morgan fingerprint density at radius 2 is 1.78 bits per heavy atom. The van der Waals surface area contributed by atoms with Crippen LogP contribution in [0.25, 0.3) is 0 Å². The highest BCUT2D eigenvalue weighted by Gasteiger charge is 2.28. The maximum atomic E-state index is 12.0. The molecule has 0 aromatic heterocycles. The van der Waals surface area contributed by atoms with E-state index in [0.29, 0.717) is 32.1 Å². The maximum Gasteiger partial charge on any atom is 0.242 e. The molecule has 1 aromatic carbocycles. The topological polar surface area (TPSA) is 104 Å². The van der Waals surface area contributed by atoms with Crippen LogP contribution in [0.1, 0.15) is 25.3 Å². The van der Waals surface area contributed by atoms with Gasteiger partial charge in [0.2, 0.25) is 11.8 Å². The number of rotatable bonds is 10. The minimum absolute atomic E-state index is 0.0277. The van der Waals surface area contributed by atoms with E-state index in [1.165, 1.54) is 0 Å². The molecule has 1 saturated carbocycles. The summed E-state index contributed by atoms with van der Waals surface area (Å²) < 4.78 is 5.11. The Morgan fingerprint density at radius 3 is 2.41 bits per heavy atom. The van der Waals surface area contributed by atoms with Crippen LogP contribution in [0.4, 0.5) is 0 Å². The molecule has 0 aliphatic heterocycles. The first kappa shape index (κ1) is 20.5. The zero-order chi connectivity index (χ0) is 19.5. The van der Waals surface area contributed by atoms with Gasteiger partial charge in [0.05, 0.1) is 7.11 Å². The molecule has 1 fully saturated rings. The molecule has 1 aliphatic carbocycles. The second-order valence-corrected chi connectivity index (χ2v) is 6.31. The van der Waals surface area contributed by atoms with Crippen molar-refractivity contribution in [3.05, 3.63) is 29.8 Å². The molecule has 8 nitrogen and oxygen atoms in total. The summed E-state index contributed by atoms with van der Waals surface area (Å²) in [5, 5.41) is 11.9. The highest BCUT2D eigenvalue weighted by Crippen LogP contribution is 2.28. The summed E-state index contributed by atoms with van der Waals surface area (Å²) in [6.45, 7) is 4.19. The summed E-state index contributed by atoms with van der Waals surface area (Å²) >= 11 is 0. The number of nitrogens with one attached hydrogen (secondary N) is 4. The molecule has 0 saturated heterocycles. The van der Waals surface area contributed by atoms with E-state index >= 15 is 0 Å². The van der Waals surface area contributed by atoms with Gasteiger partial charge in [-0.15, -0.1) is 0 Å². The monoisotopic (exact) mass is 375 g/mol. The van der Waals surface area contributed by atoms with Gasteiger partial charge in [0.15, 0.2) is 5.96 Å². The average Bonchev–Trinajstić information content (AvgIpc) is 3.53. The van der Waals surface area contributed by atoms with Crippen molar-refractivity contribution in [2.24, 2.45) is 10.9 Å². The van der Waals surface area contributed by atoms with Crippen LogP contribution >= 0.6 is 0 Å². The molecule has 0 atom stereocenters. The predicted octanol–water partition coefficient (Wildman–Crippen LogP) is 0.393. The van der Waals surface area contributed by atoms with Gasteiger partial charge in [-0.1, -0.05) is 12.1 Å². The van der Waals surface area contributed by atoms with Crippen LogP contribution in [0.2, 0.25) is 0 Å². The number of benzene rings is 1. The lowest BCUT2D eigenvalue weighted by molar-refractivity contribution is -0.122. The van der Waals surface area contributed by atoms with Crippen molar-refractivity contribution in [1.29, 1.82) is 0 Å². The van der Waals surface area contributed by atoms with Gasteiger partial charge in [-0.2, -0.15) is 0 Å². The number of hydrogen-bond donors (Lipinski definition) is 4. The zero-order valence-electron chi connectivity index (χ0n) is 16.0. The van der Waals surface area contributed by atoms with E-state index < -0.39 is 0 Å². The summed E-state index contributed by atoms with van der Waals surface area (Å²) in [4.78, 5) is 27.8. The Kier molecular flexibility index (Phi) is 8.41. The molecule has 4 N–H and O–H groups in total. The zero-order valence-corrected chi connectivity index (χ0v) is 16.0. The van der Waals surface area contributed by atoms with Crippen LogP contribution < -0.4 is 26.0 Å². The molecule has 148 valence electrons. The molecular formula is C19H29N5O3. The van der Waals surface area contributed by atoms with Crippen LogP contribution in [0.3, 0.4) is 0 Å². The summed E-state index contributed by atoms with van der Waals surface area (Å²) in [5.74, 6) is 1.50. The second kappa shape index (κ2) is 11.1.